The van der Waals surface area contributed by atoms with Crippen molar-refractivity contribution < 1.29 is 14.3 Å². The number of carbonyl (C=O) groups is 1. The van der Waals surface area contributed by atoms with Crippen LogP contribution < -0.4 is 20.1 Å². The van der Waals surface area contributed by atoms with Crippen molar-refractivity contribution in [1.82, 2.24) is 15.1 Å². The van der Waals surface area contributed by atoms with Gasteiger partial charge in [-0.3, -0.25) is 4.79 Å². The largest absolute Gasteiger partial charge is 0.497 e. The van der Waals surface area contributed by atoms with E-state index >= 15 is 0 Å². The molecule has 156 valence electrons. The number of hydrogen-bond acceptors (Lipinski definition) is 5. The van der Waals surface area contributed by atoms with E-state index in [1.165, 1.54) is 5.56 Å². The number of methoxy groups -OCH3 is 2. The Morgan fingerprint density at radius 3 is 2.70 bits per heavy atom. The number of nitrogens with one attached hydrogen (secondary N) is 2. The maximum Gasteiger partial charge on any atom is 0.257 e. The van der Waals surface area contributed by atoms with E-state index in [1.54, 1.807) is 14.2 Å². The number of rotatable bonds is 7. The quantitative estimate of drug-likeness (QED) is 0.627. The second-order valence-corrected chi connectivity index (χ2v) is 7.17. The SMILES string of the molecule is CCc1nn2c(c1C(=O)NCc1ccc(OC)cc1OC)N[C@H](c1ccccc1)C2. The normalized spacial score (nSPS) is 14.7. The number of carbonyl (C=O) groups excluding carboxylic acids is 1. The van der Waals surface area contributed by atoms with Gasteiger partial charge in [0.25, 0.3) is 5.91 Å². The summed E-state index contributed by atoms with van der Waals surface area (Å²) in [4.78, 5) is 13.1. The van der Waals surface area contributed by atoms with Gasteiger partial charge in [0.15, 0.2) is 0 Å². The third-order valence-corrected chi connectivity index (χ3v) is 5.39. The summed E-state index contributed by atoms with van der Waals surface area (Å²) in [6, 6.07) is 15.9. The average molecular weight is 406 g/mol. The minimum Gasteiger partial charge on any atom is -0.497 e. The topological polar surface area (TPSA) is 77.4 Å². The molecule has 0 saturated heterocycles. The lowest BCUT2D eigenvalue weighted by molar-refractivity contribution is 0.0950. The third kappa shape index (κ3) is 3.70. The van der Waals surface area contributed by atoms with Gasteiger partial charge in [-0.1, -0.05) is 37.3 Å². The van der Waals surface area contributed by atoms with Crippen molar-refractivity contribution in [2.45, 2.75) is 32.5 Å². The van der Waals surface area contributed by atoms with Crippen LogP contribution in [0.4, 0.5) is 5.82 Å². The van der Waals surface area contributed by atoms with Crippen LogP contribution in [0.1, 0.15) is 40.1 Å². The number of hydrogen-bond donors (Lipinski definition) is 2. The monoisotopic (exact) mass is 406 g/mol. The summed E-state index contributed by atoms with van der Waals surface area (Å²) in [5.41, 5.74) is 3.46. The Labute approximate surface area is 176 Å². The Morgan fingerprint density at radius 2 is 2.00 bits per heavy atom. The summed E-state index contributed by atoms with van der Waals surface area (Å²) in [7, 11) is 3.21. The number of anilines is 1. The summed E-state index contributed by atoms with van der Waals surface area (Å²) in [6.45, 7) is 3.06. The van der Waals surface area contributed by atoms with E-state index in [0.717, 1.165) is 17.1 Å². The first kappa shape index (κ1) is 19.8. The van der Waals surface area contributed by atoms with Crippen molar-refractivity contribution in [3.8, 4) is 11.5 Å². The molecule has 30 heavy (non-hydrogen) atoms. The summed E-state index contributed by atoms with van der Waals surface area (Å²) in [6.07, 6.45) is 0.687. The van der Waals surface area contributed by atoms with Crippen molar-refractivity contribution in [3.05, 3.63) is 70.9 Å². The molecule has 0 spiro atoms. The molecule has 1 aliphatic rings. The van der Waals surface area contributed by atoms with Gasteiger partial charge < -0.3 is 20.1 Å². The molecule has 7 heteroatoms. The Balaban J connectivity index is 1.53. The van der Waals surface area contributed by atoms with Crippen molar-refractivity contribution in [1.29, 1.82) is 0 Å². The van der Waals surface area contributed by atoms with Crippen LogP contribution in [-0.4, -0.2) is 29.9 Å². The molecule has 2 N–H and O–H groups in total. The Morgan fingerprint density at radius 1 is 1.20 bits per heavy atom. The molecule has 0 aliphatic carbocycles. The molecule has 0 saturated carbocycles. The van der Waals surface area contributed by atoms with Crippen LogP contribution in [-0.2, 0) is 19.5 Å². The highest BCUT2D eigenvalue weighted by Crippen LogP contribution is 2.33. The predicted octanol–water partition coefficient (Wildman–Crippen LogP) is 3.56. The summed E-state index contributed by atoms with van der Waals surface area (Å²) < 4.78 is 12.6. The number of aromatic nitrogens is 2. The van der Waals surface area contributed by atoms with E-state index in [4.69, 9.17) is 9.47 Å². The smallest absolute Gasteiger partial charge is 0.257 e. The van der Waals surface area contributed by atoms with E-state index in [9.17, 15) is 4.79 Å². The van der Waals surface area contributed by atoms with E-state index in [0.29, 0.717) is 36.6 Å². The van der Waals surface area contributed by atoms with Crippen LogP contribution in [0.25, 0.3) is 0 Å². The van der Waals surface area contributed by atoms with E-state index < -0.39 is 0 Å². The first-order chi connectivity index (χ1) is 14.6. The number of benzene rings is 2. The Bertz CT molecular complexity index is 1050. The van der Waals surface area contributed by atoms with Crippen LogP contribution in [0.2, 0.25) is 0 Å². The van der Waals surface area contributed by atoms with Crippen molar-refractivity contribution >= 4 is 11.7 Å². The van der Waals surface area contributed by atoms with E-state index in [2.05, 4.69) is 27.9 Å². The third-order valence-electron chi connectivity index (χ3n) is 5.39. The van der Waals surface area contributed by atoms with Crippen LogP contribution in [0, 0.1) is 0 Å². The predicted molar refractivity (Wildman–Crippen MR) is 115 cm³/mol. The first-order valence-corrected chi connectivity index (χ1v) is 10.0. The van der Waals surface area contributed by atoms with Crippen LogP contribution in [0.15, 0.2) is 48.5 Å². The van der Waals surface area contributed by atoms with Crippen LogP contribution >= 0.6 is 0 Å². The molecule has 1 aromatic heterocycles. The lowest BCUT2D eigenvalue weighted by Crippen LogP contribution is -2.24. The molecule has 2 heterocycles. The molecule has 7 nitrogen and oxygen atoms in total. The molecule has 2 aromatic carbocycles. The lowest BCUT2D eigenvalue weighted by Gasteiger charge is -2.13. The van der Waals surface area contributed by atoms with Crippen LogP contribution in [0.5, 0.6) is 11.5 Å². The number of amides is 1. The molecule has 0 unspecified atom stereocenters. The first-order valence-electron chi connectivity index (χ1n) is 10.0. The fraction of sp³-hybridized carbons (Fsp3) is 0.304. The highest BCUT2D eigenvalue weighted by Gasteiger charge is 2.31. The van der Waals surface area contributed by atoms with Gasteiger partial charge >= 0.3 is 0 Å². The fourth-order valence-electron chi connectivity index (χ4n) is 3.80. The Kier molecular flexibility index (Phi) is 5.61. The Hall–Kier alpha value is -3.48. The molecule has 0 bridgehead atoms. The van der Waals surface area contributed by atoms with E-state index in [-0.39, 0.29) is 11.9 Å². The van der Waals surface area contributed by atoms with Crippen LogP contribution in [0.3, 0.4) is 0 Å². The van der Waals surface area contributed by atoms with Gasteiger partial charge in [-0.05, 0) is 24.1 Å². The zero-order valence-corrected chi connectivity index (χ0v) is 17.4. The van der Waals surface area contributed by atoms with Gasteiger partial charge in [-0.2, -0.15) is 5.10 Å². The van der Waals surface area contributed by atoms with E-state index in [1.807, 2.05) is 48.0 Å². The number of aryl methyl sites for hydroxylation is 1. The summed E-state index contributed by atoms with van der Waals surface area (Å²) in [5.74, 6) is 2.01. The minimum atomic E-state index is -0.146. The highest BCUT2D eigenvalue weighted by molar-refractivity contribution is 6.00. The molecule has 1 aliphatic heterocycles. The molecule has 4 rings (SSSR count). The zero-order chi connectivity index (χ0) is 21.1. The maximum absolute atomic E-state index is 13.1. The lowest BCUT2D eigenvalue weighted by atomic mass is 10.1. The summed E-state index contributed by atoms with van der Waals surface area (Å²) >= 11 is 0. The molecule has 1 atom stereocenters. The number of fused-ring (bicyclic) bond motifs is 1. The minimum absolute atomic E-state index is 0.104. The van der Waals surface area contributed by atoms with Gasteiger partial charge in [-0.15, -0.1) is 0 Å². The molecule has 1 amide bonds. The zero-order valence-electron chi connectivity index (χ0n) is 17.4. The van der Waals surface area contributed by atoms with Gasteiger partial charge in [-0.25, -0.2) is 4.68 Å². The molecule has 3 aromatic rings. The van der Waals surface area contributed by atoms with Gasteiger partial charge in [0.05, 0.1) is 32.5 Å². The molecule has 0 radical (unpaired) electrons. The van der Waals surface area contributed by atoms with Gasteiger partial charge in [0, 0.05) is 18.2 Å². The van der Waals surface area contributed by atoms with Crippen molar-refractivity contribution in [2.75, 3.05) is 19.5 Å². The number of nitrogens with zero attached hydrogens (tertiary/aromatic N) is 2. The molecule has 0 fully saturated rings. The second kappa shape index (κ2) is 8.49. The van der Waals surface area contributed by atoms with Gasteiger partial charge in [0.2, 0.25) is 0 Å². The molecular formula is C23H26N4O3. The van der Waals surface area contributed by atoms with Crippen molar-refractivity contribution in [3.63, 3.8) is 0 Å². The van der Waals surface area contributed by atoms with Gasteiger partial charge in [0.1, 0.15) is 22.9 Å². The van der Waals surface area contributed by atoms with Crippen molar-refractivity contribution in [2.24, 2.45) is 0 Å². The average Bonchev–Trinajstić information content (AvgIpc) is 3.35. The highest BCUT2D eigenvalue weighted by atomic mass is 16.5. The fourth-order valence-corrected chi connectivity index (χ4v) is 3.80. The second-order valence-electron chi connectivity index (χ2n) is 7.17. The number of ether oxygens (including phenoxy) is 2. The molecular weight excluding hydrogens is 380 g/mol. The summed E-state index contributed by atoms with van der Waals surface area (Å²) in [5, 5.41) is 11.2. The standard InChI is InChI=1S/C23H26N4O3/c1-4-18-21(22-25-19(14-27(22)26-18)15-8-6-5-7-9-15)23(28)24-13-16-10-11-17(29-2)12-20(16)30-3/h5-12,19,25H,4,13-14H2,1-3H3,(H,24,28)/t19-/m0/s1. The maximum atomic E-state index is 13.1.